The van der Waals surface area contributed by atoms with E-state index in [4.69, 9.17) is 4.52 Å². The molecule has 0 amide bonds. The average Bonchev–Trinajstić information content (AvgIpc) is 2.94. The molecule has 17 heavy (non-hydrogen) atoms. The summed E-state index contributed by atoms with van der Waals surface area (Å²) in [6, 6.07) is 2.39. The van der Waals surface area contributed by atoms with Crippen molar-refractivity contribution in [2.45, 2.75) is 38.9 Å². The molecule has 3 heterocycles. The van der Waals surface area contributed by atoms with Gasteiger partial charge in [-0.1, -0.05) is 5.16 Å². The Hall–Kier alpha value is -1.69. The Kier molecular flexibility index (Phi) is 2.64. The average molecular weight is 233 g/mol. The van der Waals surface area contributed by atoms with Crippen LogP contribution in [0.3, 0.4) is 0 Å². The van der Waals surface area contributed by atoms with Crippen LogP contribution in [0.25, 0.3) is 0 Å². The zero-order chi connectivity index (χ0) is 11.7. The Balaban J connectivity index is 1.57. The van der Waals surface area contributed by atoms with Crippen LogP contribution < -0.4 is 5.32 Å². The van der Waals surface area contributed by atoms with E-state index < -0.39 is 0 Å². The zero-order valence-corrected chi connectivity index (χ0v) is 9.76. The maximum absolute atomic E-state index is 5.03. The Bertz CT molecular complexity index is 503. The van der Waals surface area contributed by atoms with E-state index in [1.165, 1.54) is 0 Å². The van der Waals surface area contributed by atoms with Crippen molar-refractivity contribution < 1.29 is 4.52 Å². The van der Waals surface area contributed by atoms with Gasteiger partial charge in [0.25, 0.3) is 0 Å². The van der Waals surface area contributed by atoms with Crippen LogP contribution in [-0.2, 0) is 19.5 Å². The van der Waals surface area contributed by atoms with Crippen LogP contribution in [0.2, 0.25) is 0 Å². The highest BCUT2D eigenvalue weighted by Crippen LogP contribution is 2.12. The molecule has 1 aliphatic heterocycles. The topological polar surface area (TPSA) is 68.8 Å². The van der Waals surface area contributed by atoms with Crippen molar-refractivity contribution in [2.24, 2.45) is 0 Å². The molecular formula is C11H15N5O. The summed E-state index contributed by atoms with van der Waals surface area (Å²) in [5, 5.41) is 11.6. The highest BCUT2D eigenvalue weighted by molar-refractivity contribution is 5.03. The fourth-order valence-electron chi connectivity index (χ4n) is 2.15. The molecule has 0 bridgehead atoms. The van der Waals surface area contributed by atoms with E-state index in [0.717, 1.165) is 43.2 Å². The maximum atomic E-state index is 5.03. The van der Waals surface area contributed by atoms with Crippen molar-refractivity contribution in [3.8, 4) is 0 Å². The summed E-state index contributed by atoms with van der Waals surface area (Å²) in [4.78, 5) is 4.21. The largest absolute Gasteiger partial charge is 0.361 e. The molecule has 90 valence electrons. The van der Waals surface area contributed by atoms with Crippen LogP contribution >= 0.6 is 0 Å². The second-order valence-electron chi connectivity index (χ2n) is 4.40. The first-order valence-electron chi connectivity index (χ1n) is 5.83. The van der Waals surface area contributed by atoms with Gasteiger partial charge in [0.15, 0.2) is 0 Å². The monoisotopic (exact) mass is 233 g/mol. The number of nitrogens with zero attached hydrogens (tertiary/aromatic N) is 4. The smallest absolute Gasteiger partial charge is 0.138 e. The molecule has 6 nitrogen and oxygen atoms in total. The number of aromatic nitrogens is 4. The standard InChI is InChI=1S/C11H15N5O/c1-8-4-10(15-17-8)5-12-9-2-3-11-13-7-14-16(11)6-9/h4,7,9,12H,2-3,5-6H2,1H3. The normalized spacial score (nSPS) is 19.2. The zero-order valence-electron chi connectivity index (χ0n) is 9.76. The lowest BCUT2D eigenvalue weighted by Gasteiger charge is -2.23. The van der Waals surface area contributed by atoms with Gasteiger partial charge in [-0.25, -0.2) is 9.67 Å². The molecule has 0 fully saturated rings. The Morgan fingerprint density at radius 2 is 2.53 bits per heavy atom. The molecule has 2 aromatic heterocycles. The Morgan fingerprint density at radius 1 is 1.59 bits per heavy atom. The number of aryl methyl sites for hydroxylation is 2. The van der Waals surface area contributed by atoms with E-state index in [9.17, 15) is 0 Å². The molecule has 1 aliphatic rings. The van der Waals surface area contributed by atoms with Crippen LogP contribution in [0.1, 0.15) is 23.7 Å². The minimum Gasteiger partial charge on any atom is -0.361 e. The molecule has 6 heteroatoms. The molecule has 1 atom stereocenters. The minimum atomic E-state index is 0.432. The minimum absolute atomic E-state index is 0.432. The summed E-state index contributed by atoms with van der Waals surface area (Å²) >= 11 is 0. The highest BCUT2D eigenvalue weighted by Gasteiger charge is 2.19. The highest BCUT2D eigenvalue weighted by atomic mass is 16.5. The second-order valence-corrected chi connectivity index (χ2v) is 4.40. The third-order valence-electron chi connectivity index (χ3n) is 3.05. The fraction of sp³-hybridized carbons (Fsp3) is 0.545. The molecule has 0 spiro atoms. The third kappa shape index (κ3) is 2.21. The van der Waals surface area contributed by atoms with Crippen molar-refractivity contribution in [3.05, 3.63) is 29.7 Å². The van der Waals surface area contributed by atoms with E-state index in [1.807, 2.05) is 17.7 Å². The number of nitrogens with one attached hydrogen (secondary N) is 1. The fourth-order valence-corrected chi connectivity index (χ4v) is 2.15. The van der Waals surface area contributed by atoms with Gasteiger partial charge in [-0.3, -0.25) is 0 Å². The van der Waals surface area contributed by atoms with Gasteiger partial charge in [0, 0.05) is 25.1 Å². The maximum Gasteiger partial charge on any atom is 0.138 e. The van der Waals surface area contributed by atoms with Crippen LogP contribution in [0.15, 0.2) is 16.9 Å². The van der Waals surface area contributed by atoms with Gasteiger partial charge in [-0.05, 0) is 13.3 Å². The molecule has 3 rings (SSSR count). The predicted molar refractivity (Wildman–Crippen MR) is 60.2 cm³/mol. The number of hydrogen-bond donors (Lipinski definition) is 1. The summed E-state index contributed by atoms with van der Waals surface area (Å²) in [6.07, 6.45) is 3.70. The predicted octanol–water partition coefficient (Wildman–Crippen LogP) is 0.679. The number of fused-ring (bicyclic) bond motifs is 1. The van der Waals surface area contributed by atoms with Crippen LogP contribution in [0.4, 0.5) is 0 Å². The molecule has 0 aromatic carbocycles. The first kappa shape index (κ1) is 10.5. The van der Waals surface area contributed by atoms with Crippen molar-refractivity contribution in [1.29, 1.82) is 0 Å². The first-order chi connectivity index (χ1) is 8.31. The van der Waals surface area contributed by atoms with Crippen LogP contribution in [-0.4, -0.2) is 26.0 Å². The summed E-state index contributed by atoms with van der Waals surface area (Å²) in [5.41, 5.74) is 0.951. The SMILES string of the molecule is Cc1cc(CNC2CCc3ncnn3C2)no1. The quantitative estimate of drug-likeness (QED) is 0.844. The number of rotatable bonds is 3. The summed E-state index contributed by atoms with van der Waals surface area (Å²) < 4.78 is 7.00. The Morgan fingerprint density at radius 3 is 3.35 bits per heavy atom. The van der Waals surface area contributed by atoms with Gasteiger partial charge in [0.05, 0.1) is 12.2 Å². The van der Waals surface area contributed by atoms with E-state index in [2.05, 4.69) is 20.6 Å². The van der Waals surface area contributed by atoms with Gasteiger partial charge in [0.1, 0.15) is 17.9 Å². The molecule has 0 aliphatic carbocycles. The lowest BCUT2D eigenvalue weighted by Crippen LogP contribution is -2.37. The Labute approximate surface area is 99.0 Å². The molecule has 0 saturated heterocycles. The molecule has 1 N–H and O–H groups in total. The molecular weight excluding hydrogens is 218 g/mol. The van der Waals surface area contributed by atoms with E-state index in [-0.39, 0.29) is 0 Å². The van der Waals surface area contributed by atoms with Crippen molar-refractivity contribution >= 4 is 0 Å². The summed E-state index contributed by atoms with van der Waals surface area (Å²) in [5.74, 6) is 1.93. The number of hydrogen-bond acceptors (Lipinski definition) is 5. The molecule has 2 aromatic rings. The van der Waals surface area contributed by atoms with Gasteiger partial charge in [0.2, 0.25) is 0 Å². The van der Waals surface area contributed by atoms with Gasteiger partial charge in [-0.2, -0.15) is 5.10 Å². The molecule has 0 radical (unpaired) electrons. The summed E-state index contributed by atoms with van der Waals surface area (Å²) in [7, 11) is 0. The lowest BCUT2D eigenvalue weighted by molar-refractivity contribution is 0.347. The van der Waals surface area contributed by atoms with E-state index in [1.54, 1.807) is 6.33 Å². The van der Waals surface area contributed by atoms with Crippen LogP contribution in [0.5, 0.6) is 0 Å². The van der Waals surface area contributed by atoms with Crippen LogP contribution in [0, 0.1) is 6.92 Å². The second kappa shape index (κ2) is 4.29. The molecule has 1 unspecified atom stereocenters. The van der Waals surface area contributed by atoms with E-state index in [0.29, 0.717) is 6.04 Å². The van der Waals surface area contributed by atoms with Gasteiger partial charge < -0.3 is 9.84 Å². The first-order valence-corrected chi connectivity index (χ1v) is 5.83. The lowest BCUT2D eigenvalue weighted by atomic mass is 10.1. The third-order valence-corrected chi connectivity index (χ3v) is 3.05. The van der Waals surface area contributed by atoms with Crippen molar-refractivity contribution in [1.82, 2.24) is 25.2 Å². The van der Waals surface area contributed by atoms with Gasteiger partial charge >= 0.3 is 0 Å². The van der Waals surface area contributed by atoms with Crippen molar-refractivity contribution in [3.63, 3.8) is 0 Å². The van der Waals surface area contributed by atoms with E-state index >= 15 is 0 Å². The molecule has 0 saturated carbocycles. The van der Waals surface area contributed by atoms with Crippen molar-refractivity contribution in [2.75, 3.05) is 0 Å². The van der Waals surface area contributed by atoms with Gasteiger partial charge in [-0.15, -0.1) is 0 Å². The summed E-state index contributed by atoms with van der Waals surface area (Å²) in [6.45, 7) is 3.52.